The molecule has 0 spiro atoms. The number of nitrogen functional groups attached to an aromatic ring is 1. The summed E-state index contributed by atoms with van der Waals surface area (Å²) in [4.78, 5) is 0. The maximum Gasteiger partial charge on any atom is 0.145 e. The Morgan fingerprint density at radius 2 is 2.00 bits per heavy atom. The van der Waals surface area contributed by atoms with Crippen LogP contribution in [-0.2, 0) is 0 Å². The van der Waals surface area contributed by atoms with Crippen molar-refractivity contribution in [2.75, 3.05) is 5.73 Å². The van der Waals surface area contributed by atoms with Gasteiger partial charge >= 0.3 is 0 Å². The average Bonchev–Trinajstić information content (AvgIpc) is 2.12. The van der Waals surface area contributed by atoms with Gasteiger partial charge < -0.3 is 10.5 Å². The number of nitrogens with two attached hydrogens (primary N) is 1. The van der Waals surface area contributed by atoms with E-state index in [1.54, 1.807) is 0 Å². The highest BCUT2D eigenvalue weighted by atomic mass is 16.5. The zero-order valence-electron chi connectivity index (χ0n) is 9.42. The van der Waals surface area contributed by atoms with Gasteiger partial charge in [0.15, 0.2) is 0 Å². The van der Waals surface area contributed by atoms with Crippen LogP contribution in [0.5, 0.6) is 5.75 Å². The molecular formula is C12H19NO. The summed E-state index contributed by atoms with van der Waals surface area (Å²) in [7, 11) is 0. The molecular weight excluding hydrogens is 174 g/mol. The predicted molar refractivity (Wildman–Crippen MR) is 60.6 cm³/mol. The Morgan fingerprint density at radius 1 is 1.36 bits per heavy atom. The van der Waals surface area contributed by atoms with Crippen molar-refractivity contribution in [1.29, 1.82) is 0 Å². The van der Waals surface area contributed by atoms with E-state index in [9.17, 15) is 0 Å². The van der Waals surface area contributed by atoms with E-state index in [0.717, 1.165) is 17.7 Å². The van der Waals surface area contributed by atoms with Crippen molar-refractivity contribution in [3.8, 4) is 5.75 Å². The van der Waals surface area contributed by atoms with Gasteiger partial charge in [0.25, 0.3) is 0 Å². The zero-order chi connectivity index (χ0) is 10.8. The maximum atomic E-state index is 5.89. The van der Waals surface area contributed by atoms with E-state index in [2.05, 4.69) is 20.8 Å². The second-order valence-corrected chi connectivity index (χ2v) is 4.21. The molecule has 1 aromatic carbocycles. The molecule has 0 fully saturated rings. The summed E-state index contributed by atoms with van der Waals surface area (Å²) in [5.74, 6) is 0.819. The fraction of sp³-hybridized carbons (Fsp3) is 0.500. The first kappa shape index (κ1) is 10.9. The van der Waals surface area contributed by atoms with E-state index in [1.807, 2.05) is 25.1 Å². The molecule has 0 radical (unpaired) electrons. The highest BCUT2D eigenvalue weighted by molar-refractivity contribution is 5.56. The molecule has 0 saturated carbocycles. The normalized spacial score (nSPS) is 11.4. The molecule has 0 aliphatic rings. The number of para-hydroxylation sites is 1. The first-order chi connectivity index (χ1) is 6.46. The molecule has 0 bridgehead atoms. The van der Waals surface area contributed by atoms with Crippen molar-refractivity contribution in [3.63, 3.8) is 0 Å². The molecule has 2 heteroatoms. The van der Waals surface area contributed by atoms with Crippen LogP contribution in [0.15, 0.2) is 18.2 Å². The van der Waals surface area contributed by atoms with Crippen LogP contribution in [0.4, 0.5) is 5.69 Å². The van der Waals surface area contributed by atoms with Gasteiger partial charge in [0.2, 0.25) is 0 Å². The highest BCUT2D eigenvalue weighted by Crippen LogP contribution is 2.30. The number of hydrogen-bond acceptors (Lipinski definition) is 2. The summed E-state index contributed by atoms with van der Waals surface area (Å²) in [5, 5.41) is 0. The van der Waals surface area contributed by atoms with Gasteiger partial charge in [-0.1, -0.05) is 19.1 Å². The minimum atomic E-state index is -0.153. The van der Waals surface area contributed by atoms with E-state index >= 15 is 0 Å². The largest absolute Gasteiger partial charge is 0.485 e. The summed E-state index contributed by atoms with van der Waals surface area (Å²) < 4.78 is 5.89. The van der Waals surface area contributed by atoms with Gasteiger partial charge in [-0.3, -0.25) is 0 Å². The van der Waals surface area contributed by atoms with Crippen LogP contribution in [0.2, 0.25) is 0 Å². The molecule has 78 valence electrons. The lowest BCUT2D eigenvalue weighted by molar-refractivity contribution is 0.105. The van der Waals surface area contributed by atoms with E-state index < -0.39 is 0 Å². The molecule has 2 N–H and O–H groups in total. The van der Waals surface area contributed by atoms with Crippen molar-refractivity contribution >= 4 is 5.69 Å². The fourth-order valence-corrected chi connectivity index (χ4v) is 1.16. The number of ether oxygens (including phenoxy) is 1. The van der Waals surface area contributed by atoms with E-state index in [0.29, 0.717) is 5.69 Å². The number of anilines is 1. The van der Waals surface area contributed by atoms with Crippen molar-refractivity contribution in [2.45, 2.75) is 39.7 Å². The minimum Gasteiger partial charge on any atom is -0.485 e. The second-order valence-electron chi connectivity index (χ2n) is 4.21. The van der Waals surface area contributed by atoms with Crippen LogP contribution >= 0.6 is 0 Å². The predicted octanol–water partition coefficient (Wildman–Crippen LogP) is 3.14. The first-order valence-electron chi connectivity index (χ1n) is 5.00. The second kappa shape index (κ2) is 3.91. The van der Waals surface area contributed by atoms with Gasteiger partial charge in [0.05, 0.1) is 5.69 Å². The van der Waals surface area contributed by atoms with Gasteiger partial charge in [-0.25, -0.2) is 0 Å². The van der Waals surface area contributed by atoms with Crippen LogP contribution in [-0.4, -0.2) is 5.60 Å². The molecule has 1 rings (SSSR count). The highest BCUT2D eigenvalue weighted by Gasteiger charge is 2.19. The van der Waals surface area contributed by atoms with Gasteiger partial charge in [-0.15, -0.1) is 0 Å². The smallest absolute Gasteiger partial charge is 0.145 e. The van der Waals surface area contributed by atoms with Crippen molar-refractivity contribution in [3.05, 3.63) is 23.8 Å². The molecule has 0 saturated heterocycles. The summed E-state index contributed by atoms with van der Waals surface area (Å²) >= 11 is 0. The lowest BCUT2D eigenvalue weighted by Gasteiger charge is -2.26. The van der Waals surface area contributed by atoms with E-state index in [4.69, 9.17) is 10.5 Å². The first-order valence-corrected chi connectivity index (χ1v) is 5.00. The van der Waals surface area contributed by atoms with Gasteiger partial charge in [-0.05, 0) is 38.8 Å². The lowest BCUT2D eigenvalue weighted by Crippen LogP contribution is -2.27. The summed E-state index contributed by atoms with van der Waals surface area (Å²) in [5.41, 5.74) is 7.51. The van der Waals surface area contributed by atoms with Crippen molar-refractivity contribution < 1.29 is 4.74 Å². The van der Waals surface area contributed by atoms with Crippen molar-refractivity contribution in [2.24, 2.45) is 0 Å². The summed E-state index contributed by atoms with van der Waals surface area (Å²) in [6.45, 7) is 8.25. The molecule has 0 aliphatic heterocycles. The number of rotatable bonds is 3. The third kappa shape index (κ3) is 2.41. The number of aryl methyl sites for hydroxylation is 1. The molecule has 0 amide bonds. The SMILES string of the molecule is CCC(C)(C)Oc1c(C)cccc1N. The Morgan fingerprint density at radius 3 is 2.50 bits per heavy atom. The van der Waals surface area contributed by atoms with Crippen LogP contribution in [0.3, 0.4) is 0 Å². The van der Waals surface area contributed by atoms with E-state index in [-0.39, 0.29) is 5.60 Å². The molecule has 0 atom stereocenters. The third-order valence-corrected chi connectivity index (χ3v) is 2.47. The molecule has 14 heavy (non-hydrogen) atoms. The monoisotopic (exact) mass is 193 g/mol. The zero-order valence-corrected chi connectivity index (χ0v) is 9.42. The van der Waals surface area contributed by atoms with Gasteiger partial charge in [0, 0.05) is 0 Å². The quantitative estimate of drug-likeness (QED) is 0.748. The Hall–Kier alpha value is -1.18. The molecule has 0 aromatic heterocycles. The lowest BCUT2D eigenvalue weighted by atomic mass is 10.1. The van der Waals surface area contributed by atoms with Crippen LogP contribution in [0.1, 0.15) is 32.8 Å². The fourth-order valence-electron chi connectivity index (χ4n) is 1.16. The standard InChI is InChI=1S/C12H19NO/c1-5-12(3,4)14-11-9(2)7-6-8-10(11)13/h6-8H,5,13H2,1-4H3. The molecule has 0 heterocycles. The van der Waals surface area contributed by atoms with E-state index in [1.165, 1.54) is 0 Å². The molecule has 1 aromatic rings. The van der Waals surface area contributed by atoms with Crippen LogP contribution < -0.4 is 10.5 Å². The third-order valence-electron chi connectivity index (χ3n) is 2.47. The van der Waals surface area contributed by atoms with Gasteiger partial charge in [0.1, 0.15) is 11.4 Å². The Bertz CT molecular complexity index is 298. The number of benzene rings is 1. The van der Waals surface area contributed by atoms with Crippen LogP contribution in [0, 0.1) is 6.92 Å². The number of hydrogen-bond donors (Lipinski definition) is 1. The summed E-state index contributed by atoms with van der Waals surface area (Å²) in [6.07, 6.45) is 0.959. The topological polar surface area (TPSA) is 35.2 Å². The molecule has 0 aliphatic carbocycles. The maximum absolute atomic E-state index is 5.89. The minimum absolute atomic E-state index is 0.153. The van der Waals surface area contributed by atoms with Crippen LogP contribution in [0.25, 0.3) is 0 Å². The Balaban J connectivity index is 2.97. The Kier molecular flexibility index (Phi) is 3.04. The Labute approximate surface area is 86.1 Å². The average molecular weight is 193 g/mol. The molecule has 2 nitrogen and oxygen atoms in total. The molecule has 0 unspecified atom stereocenters. The van der Waals surface area contributed by atoms with Crippen molar-refractivity contribution in [1.82, 2.24) is 0 Å². The summed E-state index contributed by atoms with van der Waals surface area (Å²) in [6, 6.07) is 5.82. The van der Waals surface area contributed by atoms with Gasteiger partial charge in [-0.2, -0.15) is 0 Å².